The molecule has 3 nitrogen and oxygen atoms in total. The van der Waals surface area contributed by atoms with Gasteiger partial charge in [0.1, 0.15) is 5.52 Å². The Morgan fingerprint density at radius 2 is 2.31 bits per heavy atom. The molecule has 0 aliphatic rings. The van der Waals surface area contributed by atoms with Crippen LogP contribution in [-0.4, -0.2) is 11.3 Å². The van der Waals surface area contributed by atoms with E-state index in [0.29, 0.717) is 33.9 Å². The van der Waals surface area contributed by atoms with Crippen molar-refractivity contribution in [3.63, 3.8) is 0 Å². The fourth-order valence-corrected chi connectivity index (χ4v) is 1.37. The topological polar surface area (TPSA) is 43.1 Å². The highest BCUT2D eigenvalue weighted by Gasteiger charge is 2.06. The summed E-state index contributed by atoms with van der Waals surface area (Å²) in [4.78, 5) is 14.6. The Hall–Kier alpha value is -1.35. The summed E-state index contributed by atoms with van der Waals surface area (Å²) in [5.74, 6) is 0.564. The molecule has 4 heteroatoms. The van der Waals surface area contributed by atoms with Gasteiger partial charge in [-0.2, -0.15) is 0 Å². The molecule has 1 aromatic heterocycles. The summed E-state index contributed by atoms with van der Waals surface area (Å²) in [5, 5.41) is 0.388. The third-order valence-electron chi connectivity index (χ3n) is 1.74. The molecule has 0 unspecified atom stereocenters. The number of nitrogens with zero attached hydrogens (tertiary/aromatic N) is 1. The summed E-state index contributed by atoms with van der Waals surface area (Å²) in [6, 6.07) is 3.21. The van der Waals surface area contributed by atoms with Crippen molar-refractivity contribution >= 4 is 29.0 Å². The Labute approximate surface area is 79.3 Å². The summed E-state index contributed by atoms with van der Waals surface area (Å²) >= 11 is 5.79. The van der Waals surface area contributed by atoms with Gasteiger partial charge >= 0.3 is 0 Å². The summed E-state index contributed by atoms with van der Waals surface area (Å²) < 4.78 is 5.24. The minimum Gasteiger partial charge on any atom is -0.441 e. The first kappa shape index (κ1) is 8.26. The summed E-state index contributed by atoms with van der Waals surface area (Å²) in [5.41, 5.74) is 1.69. The first-order valence-corrected chi connectivity index (χ1v) is 4.10. The van der Waals surface area contributed by atoms with E-state index in [2.05, 4.69) is 4.98 Å². The Balaban J connectivity index is 2.79. The third-order valence-corrected chi connectivity index (χ3v) is 2.07. The van der Waals surface area contributed by atoms with E-state index >= 15 is 0 Å². The summed E-state index contributed by atoms with van der Waals surface area (Å²) in [6.07, 6.45) is 0.700. The maximum absolute atomic E-state index is 10.5. The molecule has 2 aromatic rings. The summed E-state index contributed by atoms with van der Waals surface area (Å²) in [6.45, 7) is 1.74. The number of rotatable bonds is 1. The maximum Gasteiger partial charge on any atom is 0.192 e. The SMILES string of the molecule is Cc1nc2cc(C=O)c(Cl)cc2o1. The van der Waals surface area contributed by atoms with Crippen LogP contribution in [0.4, 0.5) is 0 Å². The standard InChI is InChI=1S/C9H6ClNO2/c1-5-11-8-2-6(4-12)7(10)3-9(8)13-5/h2-4H,1H3. The number of hydrogen-bond donors (Lipinski definition) is 0. The molecule has 0 bridgehead atoms. The van der Waals surface area contributed by atoms with Gasteiger partial charge in [-0.1, -0.05) is 11.6 Å². The van der Waals surface area contributed by atoms with Crippen molar-refractivity contribution in [2.75, 3.05) is 0 Å². The number of oxazole rings is 1. The molecule has 0 saturated carbocycles. The highest BCUT2D eigenvalue weighted by Crippen LogP contribution is 2.23. The van der Waals surface area contributed by atoms with E-state index in [4.69, 9.17) is 16.0 Å². The number of fused-ring (bicyclic) bond motifs is 1. The third kappa shape index (κ3) is 1.31. The molecule has 1 aromatic carbocycles. The van der Waals surface area contributed by atoms with Crippen LogP contribution in [0, 0.1) is 6.92 Å². The lowest BCUT2D eigenvalue weighted by Crippen LogP contribution is -1.81. The van der Waals surface area contributed by atoms with Crippen molar-refractivity contribution in [3.8, 4) is 0 Å². The van der Waals surface area contributed by atoms with Crippen LogP contribution in [0.25, 0.3) is 11.1 Å². The Morgan fingerprint density at radius 3 is 3.00 bits per heavy atom. The second kappa shape index (κ2) is 2.85. The van der Waals surface area contributed by atoms with Gasteiger partial charge < -0.3 is 4.42 Å². The van der Waals surface area contributed by atoms with Gasteiger partial charge in [0.2, 0.25) is 0 Å². The van der Waals surface area contributed by atoms with Crippen LogP contribution >= 0.6 is 11.6 Å². The zero-order valence-corrected chi connectivity index (χ0v) is 7.63. The van der Waals surface area contributed by atoms with Crippen LogP contribution in [0.3, 0.4) is 0 Å². The van der Waals surface area contributed by atoms with Gasteiger partial charge in [0.05, 0.1) is 5.02 Å². The predicted octanol–water partition coefficient (Wildman–Crippen LogP) is 2.60. The molecule has 2 rings (SSSR count). The fraction of sp³-hybridized carbons (Fsp3) is 0.111. The van der Waals surface area contributed by atoms with Crippen molar-refractivity contribution in [1.29, 1.82) is 0 Å². The molecule has 0 fully saturated rings. The van der Waals surface area contributed by atoms with Crippen molar-refractivity contribution in [1.82, 2.24) is 4.98 Å². The number of aldehydes is 1. The second-order valence-corrected chi connectivity index (χ2v) is 3.10. The number of halogens is 1. The normalized spacial score (nSPS) is 10.6. The minimum atomic E-state index is 0.388. The molecule has 66 valence electrons. The molecule has 0 spiro atoms. The Bertz CT molecular complexity index is 476. The molecular weight excluding hydrogens is 190 g/mol. The van der Waals surface area contributed by atoms with Gasteiger partial charge in [0.25, 0.3) is 0 Å². The van der Waals surface area contributed by atoms with E-state index in [0.717, 1.165) is 0 Å². The highest BCUT2D eigenvalue weighted by atomic mass is 35.5. The number of benzene rings is 1. The molecule has 0 amide bonds. The lowest BCUT2D eigenvalue weighted by Gasteiger charge is -1.93. The van der Waals surface area contributed by atoms with Gasteiger partial charge in [-0.25, -0.2) is 4.98 Å². The van der Waals surface area contributed by atoms with Crippen LogP contribution in [-0.2, 0) is 0 Å². The molecule has 0 aliphatic carbocycles. The molecule has 13 heavy (non-hydrogen) atoms. The van der Waals surface area contributed by atoms with Gasteiger partial charge in [-0.15, -0.1) is 0 Å². The number of carbonyl (C=O) groups is 1. The van der Waals surface area contributed by atoms with E-state index in [1.165, 1.54) is 0 Å². The second-order valence-electron chi connectivity index (χ2n) is 2.69. The van der Waals surface area contributed by atoms with Crippen molar-refractivity contribution < 1.29 is 9.21 Å². The van der Waals surface area contributed by atoms with E-state index in [9.17, 15) is 4.79 Å². The molecule has 0 atom stereocenters. The first-order valence-electron chi connectivity index (χ1n) is 3.72. The lowest BCUT2D eigenvalue weighted by molar-refractivity contribution is 0.112. The lowest BCUT2D eigenvalue weighted by atomic mass is 10.2. The van der Waals surface area contributed by atoms with Crippen LogP contribution < -0.4 is 0 Å². The van der Waals surface area contributed by atoms with E-state index in [1.807, 2.05) is 0 Å². The van der Waals surface area contributed by atoms with Gasteiger partial charge in [-0.05, 0) is 6.07 Å². The van der Waals surface area contributed by atoms with Crippen molar-refractivity contribution in [3.05, 3.63) is 28.6 Å². The molecule has 0 aliphatic heterocycles. The Morgan fingerprint density at radius 1 is 1.54 bits per heavy atom. The monoisotopic (exact) mass is 195 g/mol. The van der Waals surface area contributed by atoms with Gasteiger partial charge in [0, 0.05) is 18.6 Å². The number of hydrogen-bond acceptors (Lipinski definition) is 3. The molecule has 0 radical (unpaired) electrons. The van der Waals surface area contributed by atoms with E-state index < -0.39 is 0 Å². The minimum absolute atomic E-state index is 0.388. The zero-order chi connectivity index (χ0) is 9.42. The molecule has 1 heterocycles. The maximum atomic E-state index is 10.5. The zero-order valence-electron chi connectivity index (χ0n) is 6.87. The van der Waals surface area contributed by atoms with Crippen molar-refractivity contribution in [2.24, 2.45) is 0 Å². The van der Waals surface area contributed by atoms with Crippen LogP contribution in [0.1, 0.15) is 16.2 Å². The van der Waals surface area contributed by atoms with Gasteiger partial charge in [-0.3, -0.25) is 4.79 Å². The molecule has 0 N–H and O–H groups in total. The largest absolute Gasteiger partial charge is 0.441 e. The highest BCUT2D eigenvalue weighted by molar-refractivity contribution is 6.33. The molecule has 0 saturated heterocycles. The average molecular weight is 196 g/mol. The smallest absolute Gasteiger partial charge is 0.192 e. The quantitative estimate of drug-likeness (QED) is 0.657. The predicted molar refractivity (Wildman–Crippen MR) is 49.1 cm³/mol. The van der Waals surface area contributed by atoms with Crippen LogP contribution in [0.15, 0.2) is 16.5 Å². The van der Waals surface area contributed by atoms with Crippen LogP contribution in [0.5, 0.6) is 0 Å². The Kier molecular flexibility index (Phi) is 1.81. The first-order chi connectivity index (χ1) is 6.20. The number of aromatic nitrogens is 1. The summed E-state index contributed by atoms with van der Waals surface area (Å²) in [7, 11) is 0. The van der Waals surface area contributed by atoms with Crippen molar-refractivity contribution in [2.45, 2.75) is 6.92 Å². The number of aryl methyl sites for hydroxylation is 1. The number of carbonyl (C=O) groups excluding carboxylic acids is 1. The fourth-order valence-electron chi connectivity index (χ4n) is 1.17. The van der Waals surface area contributed by atoms with Crippen LogP contribution in [0.2, 0.25) is 5.02 Å². The van der Waals surface area contributed by atoms with E-state index in [-0.39, 0.29) is 0 Å². The average Bonchev–Trinajstić information content (AvgIpc) is 2.42. The van der Waals surface area contributed by atoms with E-state index in [1.54, 1.807) is 19.1 Å². The molecular formula is C9H6ClNO2. The van der Waals surface area contributed by atoms with Gasteiger partial charge in [0.15, 0.2) is 17.8 Å².